The van der Waals surface area contributed by atoms with Crippen molar-refractivity contribution in [2.24, 2.45) is 11.7 Å². The molecule has 1 rings (SSSR count). The molecule has 3 nitrogen and oxygen atoms in total. The van der Waals surface area contributed by atoms with Crippen LogP contribution in [0.15, 0.2) is 0 Å². The number of hydrogen-bond donors (Lipinski definition) is 1. The van der Waals surface area contributed by atoms with E-state index in [0.717, 1.165) is 12.3 Å². The third-order valence-electron chi connectivity index (χ3n) is 3.02. The van der Waals surface area contributed by atoms with Gasteiger partial charge < -0.3 is 10.5 Å². The molecule has 14 heavy (non-hydrogen) atoms. The summed E-state index contributed by atoms with van der Waals surface area (Å²) in [4.78, 5) is 11.0. The predicted octanol–water partition coefficient (Wildman–Crippen LogP) is 1.85. The monoisotopic (exact) mass is 199 g/mol. The van der Waals surface area contributed by atoms with Crippen molar-refractivity contribution in [2.45, 2.75) is 51.0 Å². The molecule has 1 fully saturated rings. The average Bonchev–Trinajstić information content (AvgIpc) is 2.19. The minimum Gasteiger partial charge on any atom is -0.469 e. The van der Waals surface area contributed by atoms with Crippen molar-refractivity contribution in [2.75, 3.05) is 7.11 Å². The Morgan fingerprint density at radius 1 is 1.43 bits per heavy atom. The summed E-state index contributed by atoms with van der Waals surface area (Å²) in [7, 11) is 1.41. The predicted molar refractivity (Wildman–Crippen MR) is 55.8 cm³/mol. The van der Waals surface area contributed by atoms with Gasteiger partial charge in [-0.05, 0) is 12.3 Å². The summed E-state index contributed by atoms with van der Waals surface area (Å²) in [5.74, 6) is 0.553. The van der Waals surface area contributed by atoms with Crippen LogP contribution < -0.4 is 5.73 Å². The van der Waals surface area contributed by atoms with E-state index >= 15 is 0 Å². The highest BCUT2D eigenvalue weighted by molar-refractivity contribution is 5.69. The van der Waals surface area contributed by atoms with Crippen molar-refractivity contribution in [1.82, 2.24) is 0 Å². The second kappa shape index (κ2) is 6.02. The van der Waals surface area contributed by atoms with Crippen molar-refractivity contribution < 1.29 is 9.53 Å². The lowest BCUT2D eigenvalue weighted by molar-refractivity contribution is -0.141. The summed E-state index contributed by atoms with van der Waals surface area (Å²) in [6.45, 7) is 0. The zero-order chi connectivity index (χ0) is 10.4. The Morgan fingerprint density at radius 3 is 2.64 bits per heavy atom. The first kappa shape index (κ1) is 11.5. The summed E-state index contributed by atoms with van der Waals surface area (Å²) in [6.07, 6.45) is 7.94. The lowest BCUT2D eigenvalue weighted by atomic mass is 9.84. The van der Waals surface area contributed by atoms with Gasteiger partial charge in [0, 0.05) is 6.04 Å². The summed E-state index contributed by atoms with van der Waals surface area (Å²) in [5.41, 5.74) is 5.88. The Hall–Kier alpha value is -0.570. The molecular formula is C11H21NO2. The molecule has 82 valence electrons. The van der Waals surface area contributed by atoms with Crippen LogP contribution in [0.2, 0.25) is 0 Å². The fraction of sp³-hybridized carbons (Fsp3) is 0.909. The highest BCUT2D eigenvalue weighted by Gasteiger charge is 2.18. The summed E-state index contributed by atoms with van der Waals surface area (Å²) in [5, 5.41) is 0. The molecule has 2 N–H and O–H groups in total. The van der Waals surface area contributed by atoms with Crippen LogP contribution in [0, 0.1) is 5.92 Å². The molecule has 0 spiro atoms. The average molecular weight is 199 g/mol. The van der Waals surface area contributed by atoms with Crippen molar-refractivity contribution in [1.29, 1.82) is 0 Å². The maximum Gasteiger partial charge on any atom is 0.307 e. The Kier molecular flexibility index (Phi) is 4.94. The van der Waals surface area contributed by atoms with Crippen molar-refractivity contribution >= 4 is 5.97 Å². The van der Waals surface area contributed by atoms with Crippen molar-refractivity contribution in [3.05, 3.63) is 0 Å². The van der Waals surface area contributed by atoms with Crippen LogP contribution >= 0.6 is 0 Å². The van der Waals surface area contributed by atoms with Crippen LogP contribution in [0.25, 0.3) is 0 Å². The number of nitrogens with two attached hydrogens (primary N) is 1. The van der Waals surface area contributed by atoms with Gasteiger partial charge in [0.05, 0.1) is 13.5 Å². The fourth-order valence-electron chi connectivity index (χ4n) is 2.23. The largest absolute Gasteiger partial charge is 0.469 e. The van der Waals surface area contributed by atoms with Crippen LogP contribution in [-0.4, -0.2) is 19.1 Å². The molecule has 0 aromatic carbocycles. The molecule has 1 aliphatic rings. The zero-order valence-electron chi connectivity index (χ0n) is 9.00. The number of carbonyl (C=O) groups is 1. The van der Waals surface area contributed by atoms with E-state index in [-0.39, 0.29) is 12.0 Å². The third kappa shape index (κ3) is 4.09. The van der Waals surface area contributed by atoms with E-state index < -0.39 is 0 Å². The van der Waals surface area contributed by atoms with Crippen LogP contribution in [0.3, 0.4) is 0 Å². The van der Waals surface area contributed by atoms with Crippen LogP contribution in [0.1, 0.15) is 44.9 Å². The van der Waals surface area contributed by atoms with Gasteiger partial charge in [-0.25, -0.2) is 0 Å². The number of hydrogen-bond acceptors (Lipinski definition) is 3. The molecule has 1 atom stereocenters. The van der Waals surface area contributed by atoms with Crippen LogP contribution in [0.4, 0.5) is 0 Å². The molecule has 3 heteroatoms. The number of methoxy groups -OCH3 is 1. The van der Waals surface area contributed by atoms with Gasteiger partial charge in [0.25, 0.3) is 0 Å². The lowest BCUT2D eigenvalue weighted by Gasteiger charge is -2.23. The highest BCUT2D eigenvalue weighted by atomic mass is 16.5. The zero-order valence-corrected chi connectivity index (χ0v) is 9.00. The second-order valence-electron chi connectivity index (χ2n) is 4.28. The number of esters is 1. The van der Waals surface area contributed by atoms with Gasteiger partial charge in [-0.15, -0.1) is 0 Å². The summed E-state index contributed by atoms with van der Waals surface area (Å²) in [6, 6.07) is -0.00875. The van der Waals surface area contributed by atoms with Crippen molar-refractivity contribution in [3.63, 3.8) is 0 Å². The van der Waals surface area contributed by atoms with Gasteiger partial charge in [-0.3, -0.25) is 4.79 Å². The molecule has 0 aromatic heterocycles. The Balaban J connectivity index is 2.18. The topological polar surface area (TPSA) is 52.3 Å². The van der Waals surface area contributed by atoms with E-state index in [9.17, 15) is 4.79 Å². The molecule has 0 heterocycles. The Labute approximate surface area is 86.0 Å². The van der Waals surface area contributed by atoms with Gasteiger partial charge >= 0.3 is 5.97 Å². The van der Waals surface area contributed by atoms with Crippen LogP contribution in [-0.2, 0) is 9.53 Å². The molecule has 0 bridgehead atoms. The Bertz CT molecular complexity index is 176. The van der Waals surface area contributed by atoms with E-state index in [2.05, 4.69) is 4.74 Å². The van der Waals surface area contributed by atoms with E-state index in [0.29, 0.717) is 6.42 Å². The number of carbonyl (C=O) groups excluding carboxylic acids is 1. The van der Waals surface area contributed by atoms with Gasteiger partial charge in [-0.2, -0.15) is 0 Å². The van der Waals surface area contributed by atoms with Gasteiger partial charge in [-0.1, -0.05) is 32.1 Å². The van der Waals surface area contributed by atoms with E-state index in [4.69, 9.17) is 5.73 Å². The van der Waals surface area contributed by atoms with Gasteiger partial charge in [0.1, 0.15) is 0 Å². The van der Waals surface area contributed by atoms with Crippen molar-refractivity contribution in [3.8, 4) is 0 Å². The maximum atomic E-state index is 11.0. The maximum absolute atomic E-state index is 11.0. The standard InChI is InChI=1S/C11H21NO2/c1-14-11(13)8-10(12)7-9-5-3-2-4-6-9/h9-10H,2-8,12H2,1H3. The summed E-state index contributed by atoms with van der Waals surface area (Å²) >= 11 is 0. The van der Waals surface area contributed by atoms with Gasteiger partial charge in [0.15, 0.2) is 0 Å². The van der Waals surface area contributed by atoms with E-state index in [1.807, 2.05) is 0 Å². The van der Waals surface area contributed by atoms with E-state index in [1.165, 1.54) is 39.2 Å². The number of rotatable bonds is 4. The van der Waals surface area contributed by atoms with Gasteiger partial charge in [0.2, 0.25) is 0 Å². The molecule has 1 aliphatic carbocycles. The third-order valence-corrected chi connectivity index (χ3v) is 3.02. The Morgan fingerprint density at radius 2 is 2.07 bits per heavy atom. The van der Waals surface area contributed by atoms with Crippen LogP contribution in [0.5, 0.6) is 0 Å². The molecule has 0 radical (unpaired) electrons. The molecule has 0 aromatic rings. The van der Waals surface area contributed by atoms with E-state index in [1.54, 1.807) is 0 Å². The SMILES string of the molecule is COC(=O)CC(N)CC1CCCCC1. The highest BCUT2D eigenvalue weighted by Crippen LogP contribution is 2.27. The smallest absolute Gasteiger partial charge is 0.307 e. The molecule has 0 amide bonds. The minimum absolute atomic E-state index is 0.00875. The molecule has 0 saturated heterocycles. The molecule has 1 saturated carbocycles. The minimum atomic E-state index is -0.187. The molecule has 0 aliphatic heterocycles. The molecule has 1 unspecified atom stereocenters. The normalized spacial score (nSPS) is 20.4. The fourth-order valence-corrected chi connectivity index (χ4v) is 2.23. The quantitative estimate of drug-likeness (QED) is 0.703. The lowest BCUT2D eigenvalue weighted by Crippen LogP contribution is -2.28. The first-order valence-electron chi connectivity index (χ1n) is 5.54. The molecular weight excluding hydrogens is 178 g/mol. The number of ether oxygens (including phenoxy) is 1. The summed E-state index contributed by atoms with van der Waals surface area (Å²) < 4.78 is 4.59. The first-order valence-corrected chi connectivity index (χ1v) is 5.54. The first-order chi connectivity index (χ1) is 6.72. The second-order valence-corrected chi connectivity index (χ2v) is 4.28.